The van der Waals surface area contributed by atoms with E-state index in [2.05, 4.69) is 31.8 Å². The first-order chi connectivity index (χ1) is 14.1. The Kier molecular flexibility index (Phi) is 8.10. The van der Waals surface area contributed by atoms with E-state index < -0.39 is 0 Å². The van der Waals surface area contributed by atoms with Crippen molar-refractivity contribution in [3.05, 3.63) is 34.2 Å². The fraction of sp³-hybridized carbons (Fsp3) is 0.583. The number of carbonyl (C=O) groups excluding carboxylic acids is 1. The number of aryl methyl sites for hydroxylation is 1. The van der Waals surface area contributed by atoms with Crippen molar-refractivity contribution in [2.75, 3.05) is 19.7 Å². The van der Waals surface area contributed by atoms with Gasteiger partial charge in [0.2, 0.25) is 6.41 Å². The number of rotatable bonds is 5. The lowest BCUT2D eigenvalue weighted by Gasteiger charge is -2.29. The summed E-state index contributed by atoms with van der Waals surface area (Å²) < 4.78 is 5.70. The van der Waals surface area contributed by atoms with Crippen LogP contribution in [0, 0.1) is 18.8 Å². The van der Waals surface area contributed by atoms with Gasteiger partial charge in [0.15, 0.2) is 0 Å². The van der Waals surface area contributed by atoms with Crippen molar-refractivity contribution in [2.24, 2.45) is 11.8 Å². The minimum absolute atomic E-state index is 0.756. The molecule has 0 N–H and O–H groups in total. The molecular weight excluding hydrogens is 380 g/mol. The van der Waals surface area contributed by atoms with Crippen LogP contribution in [0.3, 0.4) is 0 Å². The summed E-state index contributed by atoms with van der Waals surface area (Å²) in [7, 11) is 0. The van der Waals surface area contributed by atoms with Gasteiger partial charge < -0.3 is 9.64 Å². The number of fused-ring (bicyclic) bond motifs is 3. The largest absolute Gasteiger partial charge is 0.493 e. The molecule has 2 aromatic rings. The highest BCUT2D eigenvalue weighted by Crippen LogP contribution is 2.36. The van der Waals surface area contributed by atoms with Gasteiger partial charge in [-0.05, 0) is 50.2 Å². The van der Waals surface area contributed by atoms with Gasteiger partial charge in [0, 0.05) is 30.0 Å². The smallest absolute Gasteiger partial charge is 0.209 e. The molecule has 1 saturated carbocycles. The molecule has 1 aliphatic heterocycles. The first-order valence-corrected chi connectivity index (χ1v) is 11.8. The summed E-state index contributed by atoms with van der Waals surface area (Å²) in [5.74, 6) is 2.63. The van der Waals surface area contributed by atoms with Crippen LogP contribution < -0.4 is 4.74 Å². The van der Waals surface area contributed by atoms with Crippen molar-refractivity contribution >= 4 is 17.7 Å². The SMILES string of the molecule is CCCN(C=O)CC1CCC(C)CC1.Cc1nc2c(s1)CCOc1ccccc1-2. The van der Waals surface area contributed by atoms with Crippen LogP contribution in [-0.2, 0) is 11.2 Å². The summed E-state index contributed by atoms with van der Waals surface area (Å²) >= 11 is 1.78. The number of nitrogens with zero attached hydrogens (tertiary/aromatic N) is 2. The fourth-order valence-corrected chi connectivity index (χ4v) is 5.14. The van der Waals surface area contributed by atoms with Crippen LogP contribution in [-0.4, -0.2) is 36.0 Å². The zero-order chi connectivity index (χ0) is 20.6. The van der Waals surface area contributed by atoms with Crippen molar-refractivity contribution < 1.29 is 9.53 Å². The van der Waals surface area contributed by atoms with Crippen molar-refractivity contribution in [1.82, 2.24) is 9.88 Å². The van der Waals surface area contributed by atoms with E-state index in [4.69, 9.17) is 4.74 Å². The lowest BCUT2D eigenvalue weighted by molar-refractivity contribution is -0.118. The number of hydrogen-bond acceptors (Lipinski definition) is 4. The summed E-state index contributed by atoms with van der Waals surface area (Å²) in [5, 5.41) is 1.14. The van der Waals surface area contributed by atoms with Crippen molar-refractivity contribution in [3.63, 3.8) is 0 Å². The number of para-hydroxylation sites is 1. The first kappa shape index (κ1) is 21.8. The van der Waals surface area contributed by atoms with Crippen LogP contribution >= 0.6 is 11.3 Å². The lowest BCUT2D eigenvalue weighted by atomic mass is 9.83. The molecule has 1 aromatic carbocycles. The molecule has 1 fully saturated rings. The van der Waals surface area contributed by atoms with E-state index in [0.29, 0.717) is 0 Å². The Balaban J connectivity index is 0.000000166. The summed E-state index contributed by atoms with van der Waals surface area (Å²) in [6.07, 6.45) is 8.39. The quantitative estimate of drug-likeness (QED) is 0.586. The molecule has 5 heteroatoms. The molecule has 158 valence electrons. The van der Waals surface area contributed by atoms with Gasteiger partial charge in [0.25, 0.3) is 0 Å². The second kappa shape index (κ2) is 10.8. The van der Waals surface area contributed by atoms with Crippen molar-refractivity contribution in [2.45, 2.75) is 59.3 Å². The summed E-state index contributed by atoms with van der Waals surface area (Å²) in [6, 6.07) is 8.13. The molecule has 0 saturated heterocycles. The number of ether oxygens (including phenoxy) is 1. The van der Waals surface area contributed by atoms with Crippen LogP contribution in [0.5, 0.6) is 5.75 Å². The number of carbonyl (C=O) groups is 1. The van der Waals surface area contributed by atoms with E-state index in [1.807, 2.05) is 23.1 Å². The van der Waals surface area contributed by atoms with E-state index in [-0.39, 0.29) is 0 Å². The maximum absolute atomic E-state index is 10.8. The van der Waals surface area contributed by atoms with Gasteiger partial charge >= 0.3 is 0 Å². The molecule has 0 radical (unpaired) electrons. The normalized spacial score (nSPS) is 20.2. The van der Waals surface area contributed by atoms with E-state index in [1.54, 1.807) is 11.3 Å². The highest BCUT2D eigenvalue weighted by Gasteiger charge is 2.20. The Morgan fingerprint density at radius 2 is 2.00 bits per heavy atom. The summed E-state index contributed by atoms with van der Waals surface area (Å²) in [6.45, 7) is 9.19. The van der Waals surface area contributed by atoms with Crippen molar-refractivity contribution in [1.29, 1.82) is 0 Å². The second-order valence-electron chi connectivity index (χ2n) is 8.33. The van der Waals surface area contributed by atoms with Gasteiger partial charge in [-0.3, -0.25) is 4.79 Å². The summed E-state index contributed by atoms with van der Waals surface area (Å²) in [5.41, 5.74) is 2.25. The third-order valence-corrected chi connectivity index (χ3v) is 6.85. The van der Waals surface area contributed by atoms with E-state index in [1.165, 1.54) is 30.6 Å². The molecule has 2 heterocycles. The van der Waals surface area contributed by atoms with E-state index in [9.17, 15) is 4.79 Å². The molecular formula is C24H34N2O2S. The topological polar surface area (TPSA) is 42.4 Å². The minimum atomic E-state index is 0.756. The predicted molar refractivity (Wildman–Crippen MR) is 121 cm³/mol. The zero-order valence-electron chi connectivity index (χ0n) is 18.0. The molecule has 4 nitrogen and oxygen atoms in total. The molecule has 29 heavy (non-hydrogen) atoms. The zero-order valence-corrected chi connectivity index (χ0v) is 18.8. The predicted octanol–water partition coefficient (Wildman–Crippen LogP) is 5.73. The van der Waals surface area contributed by atoms with Crippen LogP contribution in [0.25, 0.3) is 11.3 Å². The highest BCUT2D eigenvalue weighted by atomic mass is 32.1. The highest BCUT2D eigenvalue weighted by molar-refractivity contribution is 7.12. The molecule has 0 spiro atoms. The minimum Gasteiger partial charge on any atom is -0.493 e. The Morgan fingerprint density at radius 3 is 2.72 bits per heavy atom. The fourth-order valence-electron chi connectivity index (χ4n) is 4.21. The average Bonchev–Trinajstić information content (AvgIpc) is 3.02. The summed E-state index contributed by atoms with van der Waals surface area (Å²) in [4.78, 5) is 18.6. The molecule has 1 amide bonds. The van der Waals surface area contributed by atoms with Gasteiger partial charge in [-0.2, -0.15) is 0 Å². The molecule has 4 rings (SSSR count). The molecule has 0 bridgehead atoms. The third kappa shape index (κ3) is 6.05. The van der Waals surface area contributed by atoms with Crippen molar-refractivity contribution in [3.8, 4) is 17.0 Å². The van der Waals surface area contributed by atoms with E-state index >= 15 is 0 Å². The van der Waals surface area contributed by atoms with Gasteiger partial charge in [-0.1, -0.05) is 38.8 Å². The monoisotopic (exact) mass is 414 g/mol. The average molecular weight is 415 g/mol. The number of amides is 1. The number of benzene rings is 1. The molecule has 1 aromatic heterocycles. The molecule has 0 unspecified atom stereocenters. The Bertz CT molecular complexity index is 781. The van der Waals surface area contributed by atoms with Gasteiger partial charge in [0.1, 0.15) is 5.75 Å². The maximum atomic E-state index is 10.8. The van der Waals surface area contributed by atoms with Crippen LogP contribution in [0.4, 0.5) is 0 Å². The van der Waals surface area contributed by atoms with Gasteiger partial charge in [-0.25, -0.2) is 4.98 Å². The lowest BCUT2D eigenvalue weighted by Crippen LogP contribution is -2.30. The Hall–Kier alpha value is -1.88. The third-order valence-electron chi connectivity index (χ3n) is 5.82. The maximum Gasteiger partial charge on any atom is 0.209 e. The Labute approximate surface area is 179 Å². The van der Waals surface area contributed by atoms with Gasteiger partial charge in [0.05, 0.1) is 17.3 Å². The second-order valence-corrected chi connectivity index (χ2v) is 9.61. The van der Waals surface area contributed by atoms with Crippen LogP contribution in [0.15, 0.2) is 24.3 Å². The standard InChI is InChI=1S/C12H11NOS.C12H23NO/c1-8-13-12-9-4-2-3-5-10(9)14-7-6-11(12)15-8;1-3-8-13(10-14)9-12-6-4-11(2)5-7-12/h2-5H,6-7H2,1H3;10-12H,3-9H2,1-2H3. The van der Waals surface area contributed by atoms with Crippen LogP contribution in [0.2, 0.25) is 0 Å². The number of thiazole rings is 1. The molecule has 1 aliphatic carbocycles. The number of aromatic nitrogens is 1. The first-order valence-electron chi connectivity index (χ1n) is 11.0. The molecule has 2 aliphatic rings. The van der Waals surface area contributed by atoms with E-state index in [0.717, 1.165) is 72.8 Å². The molecule has 0 atom stereocenters. The van der Waals surface area contributed by atoms with Gasteiger partial charge in [-0.15, -0.1) is 11.3 Å². The Morgan fingerprint density at radius 1 is 1.24 bits per heavy atom. The number of hydrogen-bond donors (Lipinski definition) is 0. The van der Waals surface area contributed by atoms with Crippen LogP contribution in [0.1, 0.15) is 55.8 Å².